The van der Waals surface area contributed by atoms with E-state index in [9.17, 15) is 9.59 Å². The zero-order chi connectivity index (χ0) is 28.2. The molecule has 2 aromatic carbocycles. The third-order valence-corrected chi connectivity index (χ3v) is 7.30. The van der Waals surface area contributed by atoms with Gasteiger partial charge in [-0.3, -0.25) is 4.79 Å². The number of methoxy groups -OCH3 is 2. The number of ether oxygens (including phenoxy) is 4. The Morgan fingerprint density at radius 3 is 2.42 bits per heavy atom. The lowest BCUT2D eigenvalue weighted by Gasteiger charge is -2.35. The highest BCUT2D eigenvalue weighted by atomic mass is 16.6. The van der Waals surface area contributed by atoms with Gasteiger partial charge in [-0.2, -0.15) is 0 Å². The average Bonchev–Trinajstić information content (AvgIpc) is 3.40. The monoisotopic (exact) mass is 543 g/mol. The van der Waals surface area contributed by atoms with Crippen molar-refractivity contribution >= 4 is 11.8 Å². The van der Waals surface area contributed by atoms with Gasteiger partial charge in [0.1, 0.15) is 30.5 Å². The SMILES string of the molecule is COc1ccc([C@@H]2CC(=O)C3=C(C2)NC(C)=C(C(=O)OCCOc2ccccc2)[C@H]3c2ccc(C)o2)cc1OC. The number of allylic oxidation sites excluding steroid dienone is 3. The molecule has 1 aromatic heterocycles. The molecule has 1 aliphatic heterocycles. The number of rotatable bonds is 9. The molecule has 3 aromatic rings. The number of esters is 1. The minimum atomic E-state index is -0.661. The van der Waals surface area contributed by atoms with Crippen LogP contribution >= 0.6 is 0 Å². The molecule has 0 amide bonds. The number of benzene rings is 2. The Kier molecular flexibility index (Phi) is 7.96. The van der Waals surface area contributed by atoms with Crippen molar-refractivity contribution in [2.45, 2.75) is 38.5 Å². The summed E-state index contributed by atoms with van der Waals surface area (Å²) in [4.78, 5) is 27.2. The molecule has 0 radical (unpaired) electrons. The number of para-hydroxylation sites is 1. The fourth-order valence-electron chi connectivity index (χ4n) is 5.43. The van der Waals surface area contributed by atoms with Crippen LogP contribution in [0.3, 0.4) is 0 Å². The van der Waals surface area contributed by atoms with Gasteiger partial charge in [0.05, 0.1) is 25.7 Å². The van der Waals surface area contributed by atoms with Crippen molar-refractivity contribution in [1.29, 1.82) is 0 Å². The number of hydrogen-bond acceptors (Lipinski definition) is 8. The van der Waals surface area contributed by atoms with E-state index in [1.165, 1.54) is 0 Å². The van der Waals surface area contributed by atoms with Crippen LogP contribution in [0.4, 0.5) is 0 Å². The number of ketones is 1. The molecule has 40 heavy (non-hydrogen) atoms. The quantitative estimate of drug-likeness (QED) is 0.276. The second-order valence-corrected chi connectivity index (χ2v) is 9.88. The van der Waals surface area contributed by atoms with Crippen LogP contribution < -0.4 is 19.5 Å². The predicted octanol–water partition coefficient (Wildman–Crippen LogP) is 5.59. The topological polar surface area (TPSA) is 96.2 Å². The lowest BCUT2D eigenvalue weighted by molar-refractivity contribution is -0.140. The summed E-state index contributed by atoms with van der Waals surface area (Å²) >= 11 is 0. The molecule has 0 fully saturated rings. The highest BCUT2D eigenvalue weighted by Gasteiger charge is 2.43. The second-order valence-electron chi connectivity index (χ2n) is 9.88. The first kappa shape index (κ1) is 27.1. The first-order valence-corrected chi connectivity index (χ1v) is 13.3. The summed E-state index contributed by atoms with van der Waals surface area (Å²) < 4.78 is 28.1. The number of nitrogens with one attached hydrogen (secondary N) is 1. The van der Waals surface area contributed by atoms with Gasteiger partial charge in [0, 0.05) is 23.4 Å². The summed E-state index contributed by atoms with van der Waals surface area (Å²) in [6.45, 7) is 3.94. The number of carbonyl (C=O) groups is 2. The van der Waals surface area contributed by atoms with Crippen LogP contribution in [-0.2, 0) is 14.3 Å². The number of dihydropyridines is 1. The summed E-state index contributed by atoms with van der Waals surface area (Å²) in [5.74, 6) is 1.91. The standard InChI is InChI=1S/C32H33NO7/c1-19-10-12-27(40-19)31-29(32(35)39-15-14-38-23-8-6-5-7-9-23)20(2)33-24-16-22(17-25(34)30(24)31)21-11-13-26(36-3)28(18-21)37-4/h5-13,18,22,31,33H,14-17H2,1-4H3/t22-,31+/m0/s1. The van der Waals surface area contributed by atoms with Gasteiger partial charge in [-0.1, -0.05) is 24.3 Å². The van der Waals surface area contributed by atoms with Gasteiger partial charge >= 0.3 is 5.97 Å². The van der Waals surface area contributed by atoms with E-state index in [2.05, 4.69) is 5.32 Å². The normalized spacial score (nSPS) is 18.6. The van der Waals surface area contributed by atoms with Crippen molar-refractivity contribution < 1.29 is 33.0 Å². The smallest absolute Gasteiger partial charge is 0.336 e. The first-order valence-electron chi connectivity index (χ1n) is 13.3. The number of furan rings is 1. The molecule has 208 valence electrons. The molecule has 0 bridgehead atoms. The van der Waals surface area contributed by atoms with Crippen molar-refractivity contribution in [2.75, 3.05) is 27.4 Å². The predicted molar refractivity (Wildman–Crippen MR) is 148 cm³/mol. The molecule has 2 atom stereocenters. The highest BCUT2D eigenvalue weighted by molar-refractivity contribution is 6.04. The Balaban J connectivity index is 1.40. The summed E-state index contributed by atoms with van der Waals surface area (Å²) in [5, 5.41) is 3.36. The van der Waals surface area contributed by atoms with Crippen LogP contribution in [0.2, 0.25) is 0 Å². The van der Waals surface area contributed by atoms with Crippen LogP contribution in [0.25, 0.3) is 0 Å². The summed E-state index contributed by atoms with van der Waals surface area (Å²) in [5.41, 5.74) is 3.31. The van der Waals surface area contributed by atoms with Crippen molar-refractivity contribution in [3.05, 3.63) is 100 Å². The van der Waals surface area contributed by atoms with Gasteiger partial charge in [0.15, 0.2) is 17.3 Å². The number of carbonyl (C=O) groups excluding carboxylic acids is 2. The van der Waals surface area contributed by atoms with E-state index in [4.69, 9.17) is 23.4 Å². The minimum absolute atomic E-state index is 0.0437. The van der Waals surface area contributed by atoms with Crippen LogP contribution in [0.1, 0.15) is 48.7 Å². The molecule has 0 unspecified atom stereocenters. The van der Waals surface area contributed by atoms with Gasteiger partial charge in [0.2, 0.25) is 0 Å². The summed E-state index contributed by atoms with van der Waals surface area (Å²) in [6.07, 6.45) is 0.885. The molecular formula is C32H33NO7. The highest BCUT2D eigenvalue weighted by Crippen LogP contribution is 2.46. The molecule has 8 nitrogen and oxygen atoms in total. The Hall–Kier alpha value is -4.46. The van der Waals surface area contributed by atoms with E-state index < -0.39 is 11.9 Å². The van der Waals surface area contributed by atoms with E-state index >= 15 is 0 Å². The van der Waals surface area contributed by atoms with Gasteiger partial charge in [-0.15, -0.1) is 0 Å². The van der Waals surface area contributed by atoms with Crippen molar-refractivity contribution in [1.82, 2.24) is 5.32 Å². The second kappa shape index (κ2) is 11.7. The maximum absolute atomic E-state index is 13.8. The Bertz CT molecular complexity index is 1470. The largest absolute Gasteiger partial charge is 0.493 e. The van der Waals surface area contributed by atoms with Crippen molar-refractivity contribution in [2.24, 2.45) is 0 Å². The zero-order valence-corrected chi connectivity index (χ0v) is 23.1. The third kappa shape index (κ3) is 5.47. The van der Waals surface area contributed by atoms with Crippen LogP contribution in [-0.4, -0.2) is 39.2 Å². The number of aryl methyl sites for hydroxylation is 1. The number of Topliss-reactive ketones (excluding diaryl/α,β-unsaturated/α-hetero) is 1. The Labute approximate surface area is 233 Å². The maximum Gasteiger partial charge on any atom is 0.336 e. The van der Waals surface area contributed by atoms with E-state index in [0.29, 0.717) is 58.5 Å². The fraction of sp³-hybridized carbons (Fsp3) is 0.312. The average molecular weight is 544 g/mol. The first-order chi connectivity index (χ1) is 19.4. The van der Waals surface area contributed by atoms with Crippen LogP contribution in [0.5, 0.6) is 17.2 Å². The van der Waals surface area contributed by atoms with Gasteiger partial charge in [-0.05, 0) is 68.1 Å². The third-order valence-electron chi connectivity index (χ3n) is 7.30. The van der Waals surface area contributed by atoms with Gasteiger partial charge in [-0.25, -0.2) is 4.79 Å². The molecule has 2 aliphatic rings. The van der Waals surface area contributed by atoms with E-state index in [1.54, 1.807) is 14.2 Å². The number of hydrogen-bond donors (Lipinski definition) is 1. The molecular weight excluding hydrogens is 510 g/mol. The minimum Gasteiger partial charge on any atom is -0.493 e. The Morgan fingerprint density at radius 1 is 0.950 bits per heavy atom. The van der Waals surface area contributed by atoms with Crippen LogP contribution in [0.15, 0.2) is 87.6 Å². The van der Waals surface area contributed by atoms with Gasteiger partial charge < -0.3 is 28.7 Å². The molecule has 2 heterocycles. The van der Waals surface area contributed by atoms with Gasteiger partial charge in [0.25, 0.3) is 0 Å². The molecule has 5 rings (SSSR count). The fourth-order valence-corrected chi connectivity index (χ4v) is 5.43. The molecule has 8 heteroatoms. The van der Waals surface area contributed by atoms with E-state index in [0.717, 1.165) is 11.3 Å². The maximum atomic E-state index is 13.8. The lowest BCUT2D eigenvalue weighted by Crippen LogP contribution is -2.36. The molecule has 0 saturated heterocycles. The van der Waals surface area contributed by atoms with Crippen molar-refractivity contribution in [3.8, 4) is 17.2 Å². The lowest BCUT2D eigenvalue weighted by atomic mass is 9.73. The molecule has 1 aliphatic carbocycles. The summed E-state index contributed by atoms with van der Waals surface area (Å²) in [6, 6.07) is 18.7. The van der Waals surface area contributed by atoms with Crippen molar-refractivity contribution in [3.63, 3.8) is 0 Å². The van der Waals surface area contributed by atoms with E-state index in [1.807, 2.05) is 74.5 Å². The molecule has 0 spiro atoms. The Morgan fingerprint density at radius 2 is 1.73 bits per heavy atom. The molecule has 1 N–H and O–H groups in total. The molecule has 0 saturated carbocycles. The van der Waals surface area contributed by atoms with E-state index in [-0.39, 0.29) is 24.9 Å². The van der Waals surface area contributed by atoms with Crippen LogP contribution in [0, 0.1) is 6.92 Å². The summed E-state index contributed by atoms with van der Waals surface area (Å²) in [7, 11) is 3.19. The zero-order valence-electron chi connectivity index (χ0n) is 23.1.